The summed E-state index contributed by atoms with van der Waals surface area (Å²) in [4.78, 5) is 20.1. The minimum absolute atomic E-state index is 0.296. The molecule has 0 aliphatic carbocycles. The molecule has 3 rings (SSSR count). The number of benzene rings is 1. The van der Waals surface area contributed by atoms with E-state index in [2.05, 4.69) is 22.3 Å². The maximum Gasteiger partial charge on any atom is 0.162 e. The lowest BCUT2D eigenvalue weighted by atomic mass is 10.0. The predicted octanol–water partition coefficient (Wildman–Crippen LogP) is 2.48. The van der Waals surface area contributed by atoms with Crippen molar-refractivity contribution >= 4 is 17.4 Å². The van der Waals surface area contributed by atoms with Gasteiger partial charge in [0.1, 0.15) is 0 Å². The molecule has 0 saturated carbocycles. The van der Waals surface area contributed by atoms with Gasteiger partial charge in [-0.3, -0.25) is 9.67 Å². The lowest BCUT2D eigenvalue weighted by Gasteiger charge is -2.08. The Morgan fingerprint density at radius 1 is 1.30 bits per heavy atom. The molecule has 0 unspecified atom stereocenters. The van der Waals surface area contributed by atoms with E-state index in [0.29, 0.717) is 18.2 Å². The van der Waals surface area contributed by atoms with Gasteiger partial charge in [-0.1, -0.05) is 37.3 Å². The molecule has 0 radical (unpaired) electrons. The number of nitrogens with zero attached hydrogens (tertiary/aromatic N) is 6. The SMILES string of the molecule is CCc1nn(C)c2c1C(c1ccccc1)=NCC(N(C)N=O)=N2. The van der Waals surface area contributed by atoms with Crippen LogP contribution >= 0.6 is 0 Å². The van der Waals surface area contributed by atoms with Crippen molar-refractivity contribution in [3.8, 4) is 0 Å². The summed E-state index contributed by atoms with van der Waals surface area (Å²) >= 11 is 0. The third kappa shape index (κ3) is 2.65. The molecule has 1 aromatic carbocycles. The molecule has 7 nitrogen and oxygen atoms in total. The fourth-order valence-electron chi connectivity index (χ4n) is 2.63. The minimum Gasteiger partial charge on any atom is -0.276 e. The lowest BCUT2D eigenvalue weighted by molar-refractivity contribution is 0.528. The van der Waals surface area contributed by atoms with Crippen molar-refractivity contribution < 1.29 is 0 Å². The van der Waals surface area contributed by atoms with Crippen molar-refractivity contribution in [3.63, 3.8) is 0 Å². The largest absolute Gasteiger partial charge is 0.276 e. The van der Waals surface area contributed by atoms with Crippen LogP contribution < -0.4 is 0 Å². The fourth-order valence-corrected chi connectivity index (χ4v) is 2.63. The zero-order chi connectivity index (χ0) is 16.4. The van der Waals surface area contributed by atoms with Gasteiger partial charge >= 0.3 is 0 Å². The van der Waals surface area contributed by atoms with Gasteiger partial charge in [-0.2, -0.15) is 5.10 Å². The minimum atomic E-state index is 0.296. The molecule has 118 valence electrons. The Morgan fingerprint density at radius 2 is 2.04 bits per heavy atom. The Kier molecular flexibility index (Phi) is 4.01. The van der Waals surface area contributed by atoms with E-state index in [1.54, 1.807) is 11.7 Å². The van der Waals surface area contributed by atoms with Gasteiger partial charge in [-0.15, -0.1) is 4.91 Å². The average molecular weight is 310 g/mol. The van der Waals surface area contributed by atoms with Crippen molar-refractivity contribution in [2.75, 3.05) is 13.6 Å². The van der Waals surface area contributed by atoms with Crippen LogP contribution in [-0.2, 0) is 13.5 Å². The van der Waals surface area contributed by atoms with Gasteiger partial charge in [0.25, 0.3) is 0 Å². The van der Waals surface area contributed by atoms with E-state index in [9.17, 15) is 4.91 Å². The van der Waals surface area contributed by atoms with E-state index >= 15 is 0 Å². The van der Waals surface area contributed by atoms with Gasteiger partial charge in [-0.05, 0) is 6.42 Å². The van der Waals surface area contributed by atoms with Crippen LogP contribution in [0.1, 0.15) is 23.7 Å². The molecule has 1 aliphatic rings. The number of nitroso groups, excluding NO2 is 1. The summed E-state index contributed by atoms with van der Waals surface area (Å²) in [6.45, 7) is 2.35. The monoisotopic (exact) mass is 310 g/mol. The highest BCUT2D eigenvalue weighted by Crippen LogP contribution is 2.29. The second-order valence-electron chi connectivity index (χ2n) is 5.29. The van der Waals surface area contributed by atoms with Crippen LogP contribution in [0.25, 0.3) is 0 Å². The summed E-state index contributed by atoms with van der Waals surface area (Å²) in [7, 11) is 3.42. The molecule has 0 spiro atoms. The van der Waals surface area contributed by atoms with Crippen molar-refractivity contribution in [1.82, 2.24) is 14.8 Å². The zero-order valence-corrected chi connectivity index (χ0v) is 13.4. The third-order valence-corrected chi connectivity index (χ3v) is 3.82. The van der Waals surface area contributed by atoms with Crippen LogP contribution in [-0.4, -0.2) is 39.9 Å². The summed E-state index contributed by atoms with van der Waals surface area (Å²) in [5.74, 6) is 1.20. The quantitative estimate of drug-likeness (QED) is 0.645. The number of fused-ring (bicyclic) bond motifs is 1. The fraction of sp³-hybridized carbons (Fsp3) is 0.312. The number of aliphatic imine (C=N–C) groups is 2. The predicted molar refractivity (Wildman–Crippen MR) is 90.2 cm³/mol. The van der Waals surface area contributed by atoms with E-state index < -0.39 is 0 Å². The molecule has 0 N–H and O–H groups in total. The van der Waals surface area contributed by atoms with E-state index in [0.717, 1.165) is 29.0 Å². The van der Waals surface area contributed by atoms with Gasteiger partial charge in [0, 0.05) is 19.7 Å². The first-order chi connectivity index (χ1) is 11.2. The van der Waals surface area contributed by atoms with Crippen molar-refractivity contribution in [2.45, 2.75) is 13.3 Å². The molecule has 0 amide bonds. The third-order valence-electron chi connectivity index (χ3n) is 3.82. The van der Waals surface area contributed by atoms with Gasteiger partial charge in [0.15, 0.2) is 11.7 Å². The summed E-state index contributed by atoms with van der Waals surface area (Å²) in [6, 6.07) is 9.96. The van der Waals surface area contributed by atoms with Crippen LogP contribution in [0.4, 0.5) is 5.82 Å². The normalized spacial score (nSPS) is 13.7. The highest BCUT2D eigenvalue weighted by atomic mass is 16.3. The molecule has 2 heterocycles. The molecular weight excluding hydrogens is 292 g/mol. The number of amidine groups is 1. The summed E-state index contributed by atoms with van der Waals surface area (Å²) in [5, 5.41) is 8.69. The number of hydrogen-bond acceptors (Lipinski definition) is 5. The molecule has 1 aromatic heterocycles. The second kappa shape index (κ2) is 6.12. The molecule has 0 atom stereocenters. The highest BCUT2D eigenvalue weighted by molar-refractivity contribution is 6.17. The standard InChI is InChI=1S/C16H18N6O/c1-4-12-14-15(11-8-6-5-7-9-11)17-10-13(21(2)20-23)18-16(14)22(3)19-12/h5-9H,4,10H2,1-3H3. The van der Waals surface area contributed by atoms with Gasteiger partial charge in [-0.25, -0.2) is 10.0 Å². The Hall–Kier alpha value is -2.83. The van der Waals surface area contributed by atoms with Gasteiger partial charge in [0.05, 0.1) is 28.8 Å². The number of rotatable bonds is 3. The van der Waals surface area contributed by atoms with Crippen LogP contribution in [0, 0.1) is 4.91 Å². The van der Waals surface area contributed by atoms with E-state index in [-0.39, 0.29) is 0 Å². The van der Waals surface area contributed by atoms with E-state index in [1.807, 2.05) is 37.4 Å². The lowest BCUT2D eigenvalue weighted by Crippen LogP contribution is -2.23. The topological polar surface area (TPSA) is 75.2 Å². The molecule has 0 fully saturated rings. The molecule has 1 aliphatic heterocycles. The highest BCUT2D eigenvalue weighted by Gasteiger charge is 2.24. The van der Waals surface area contributed by atoms with Crippen LogP contribution in [0.2, 0.25) is 0 Å². The average Bonchev–Trinajstić information content (AvgIpc) is 2.78. The maximum atomic E-state index is 10.9. The Morgan fingerprint density at radius 3 is 2.70 bits per heavy atom. The van der Waals surface area contributed by atoms with Crippen LogP contribution in [0.15, 0.2) is 45.6 Å². The molecular formula is C16H18N6O. The molecule has 2 aromatic rings. The Balaban J connectivity index is 2.23. The first-order valence-corrected chi connectivity index (χ1v) is 7.46. The number of aryl methyl sites for hydroxylation is 2. The van der Waals surface area contributed by atoms with Gasteiger partial charge < -0.3 is 0 Å². The smallest absolute Gasteiger partial charge is 0.162 e. The summed E-state index contributed by atoms with van der Waals surface area (Å²) in [5.41, 5.74) is 3.73. The Labute approximate surface area is 134 Å². The van der Waals surface area contributed by atoms with Crippen molar-refractivity contribution in [1.29, 1.82) is 0 Å². The number of likely N-dealkylation sites (N-methyl/N-ethyl adjacent to an activating group) is 1. The summed E-state index contributed by atoms with van der Waals surface area (Å²) < 4.78 is 1.73. The molecule has 7 heteroatoms. The molecule has 0 bridgehead atoms. The van der Waals surface area contributed by atoms with E-state index in [4.69, 9.17) is 4.99 Å². The zero-order valence-electron chi connectivity index (χ0n) is 13.4. The van der Waals surface area contributed by atoms with Crippen molar-refractivity contribution in [3.05, 3.63) is 52.1 Å². The molecule has 23 heavy (non-hydrogen) atoms. The maximum absolute atomic E-state index is 10.9. The summed E-state index contributed by atoms with van der Waals surface area (Å²) in [6.07, 6.45) is 0.779. The van der Waals surface area contributed by atoms with Crippen LogP contribution in [0.3, 0.4) is 0 Å². The molecule has 0 saturated heterocycles. The first kappa shape index (κ1) is 15.1. The Bertz CT molecular complexity index is 790. The van der Waals surface area contributed by atoms with Crippen LogP contribution in [0.5, 0.6) is 0 Å². The number of aromatic nitrogens is 2. The van der Waals surface area contributed by atoms with Crippen molar-refractivity contribution in [2.24, 2.45) is 22.3 Å². The first-order valence-electron chi connectivity index (χ1n) is 7.46. The van der Waals surface area contributed by atoms with E-state index in [1.165, 1.54) is 5.01 Å². The van der Waals surface area contributed by atoms with Gasteiger partial charge in [0.2, 0.25) is 0 Å². The second-order valence-corrected chi connectivity index (χ2v) is 5.29. The number of hydrogen-bond donors (Lipinski definition) is 0.